The van der Waals surface area contributed by atoms with Crippen LogP contribution < -0.4 is 10.2 Å². The Balaban J connectivity index is 1.95. The molecule has 6 nitrogen and oxygen atoms in total. The monoisotopic (exact) mass is 306 g/mol. The number of hydrogen-bond donors (Lipinski definition) is 1. The minimum atomic E-state index is -0.753. The number of morpholine rings is 1. The van der Waals surface area contributed by atoms with Crippen LogP contribution in [0.25, 0.3) is 0 Å². The second-order valence-corrected chi connectivity index (χ2v) is 5.14. The van der Waals surface area contributed by atoms with Gasteiger partial charge < -0.3 is 19.7 Å². The van der Waals surface area contributed by atoms with Crippen molar-refractivity contribution < 1.29 is 19.1 Å². The molecular weight excluding hydrogens is 284 g/mol. The van der Waals surface area contributed by atoms with Crippen molar-refractivity contribution in [1.29, 1.82) is 0 Å². The van der Waals surface area contributed by atoms with Gasteiger partial charge in [-0.1, -0.05) is 6.92 Å². The third-order valence-electron chi connectivity index (χ3n) is 3.48. The van der Waals surface area contributed by atoms with Gasteiger partial charge in [0, 0.05) is 31.4 Å². The van der Waals surface area contributed by atoms with Gasteiger partial charge in [0.15, 0.2) is 6.10 Å². The summed E-state index contributed by atoms with van der Waals surface area (Å²) < 4.78 is 10.3. The number of benzene rings is 1. The number of hydrogen-bond acceptors (Lipinski definition) is 5. The summed E-state index contributed by atoms with van der Waals surface area (Å²) in [5.74, 6) is -0.763. The quantitative estimate of drug-likeness (QED) is 0.840. The number of amides is 1. The fraction of sp³-hybridized carbons (Fsp3) is 0.500. The highest BCUT2D eigenvalue weighted by molar-refractivity contribution is 5.95. The van der Waals surface area contributed by atoms with Crippen LogP contribution in [0.1, 0.15) is 20.3 Å². The van der Waals surface area contributed by atoms with E-state index in [-0.39, 0.29) is 5.91 Å². The molecule has 120 valence electrons. The first-order valence-corrected chi connectivity index (χ1v) is 7.51. The molecule has 1 heterocycles. The first-order chi connectivity index (χ1) is 10.6. The highest BCUT2D eigenvalue weighted by Gasteiger charge is 2.19. The molecule has 1 saturated heterocycles. The molecule has 0 radical (unpaired) electrons. The zero-order valence-corrected chi connectivity index (χ0v) is 13.0. The maximum absolute atomic E-state index is 12.1. The van der Waals surface area contributed by atoms with Crippen molar-refractivity contribution in [3.05, 3.63) is 24.3 Å². The number of esters is 1. The van der Waals surface area contributed by atoms with Crippen LogP contribution in [0.15, 0.2) is 24.3 Å². The summed E-state index contributed by atoms with van der Waals surface area (Å²) >= 11 is 0. The van der Waals surface area contributed by atoms with Gasteiger partial charge in [0.2, 0.25) is 0 Å². The van der Waals surface area contributed by atoms with Crippen molar-refractivity contribution in [2.24, 2.45) is 0 Å². The molecule has 1 fully saturated rings. The van der Waals surface area contributed by atoms with E-state index in [2.05, 4.69) is 10.2 Å². The molecule has 1 aromatic carbocycles. The maximum Gasteiger partial charge on any atom is 0.303 e. The molecule has 1 amide bonds. The van der Waals surface area contributed by atoms with Crippen LogP contribution in [-0.2, 0) is 19.1 Å². The van der Waals surface area contributed by atoms with Crippen molar-refractivity contribution in [3.63, 3.8) is 0 Å². The predicted molar refractivity (Wildman–Crippen MR) is 83.9 cm³/mol. The van der Waals surface area contributed by atoms with Gasteiger partial charge in [-0.15, -0.1) is 0 Å². The topological polar surface area (TPSA) is 67.9 Å². The van der Waals surface area contributed by atoms with Gasteiger partial charge in [0.1, 0.15) is 0 Å². The third kappa shape index (κ3) is 4.46. The Morgan fingerprint density at radius 1 is 1.27 bits per heavy atom. The van der Waals surface area contributed by atoms with Crippen LogP contribution in [-0.4, -0.2) is 44.3 Å². The molecule has 1 aromatic rings. The van der Waals surface area contributed by atoms with Gasteiger partial charge in [-0.05, 0) is 30.7 Å². The van der Waals surface area contributed by atoms with E-state index in [4.69, 9.17) is 9.47 Å². The van der Waals surface area contributed by atoms with Gasteiger partial charge in [0.05, 0.1) is 13.2 Å². The average Bonchev–Trinajstić information content (AvgIpc) is 2.54. The molecule has 0 bridgehead atoms. The van der Waals surface area contributed by atoms with Crippen molar-refractivity contribution in [1.82, 2.24) is 0 Å². The average molecular weight is 306 g/mol. The Kier molecular flexibility index (Phi) is 5.77. The molecule has 0 aliphatic carbocycles. The molecule has 22 heavy (non-hydrogen) atoms. The molecule has 2 rings (SSSR count). The van der Waals surface area contributed by atoms with Gasteiger partial charge >= 0.3 is 5.97 Å². The molecule has 0 aromatic heterocycles. The van der Waals surface area contributed by atoms with Crippen LogP contribution in [0, 0.1) is 0 Å². The molecular formula is C16H22N2O4. The largest absolute Gasteiger partial charge is 0.452 e. The van der Waals surface area contributed by atoms with E-state index in [1.165, 1.54) is 6.92 Å². The summed E-state index contributed by atoms with van der Waals surface area (Å²) in [6.45, 7) is 6.31. The van der Waals surface area contributed by atoms with E-state index in [0.29, 0.717) is 12.1 Å². The van der Waals surface area contributed by atoms with Crippen molar-refractivity contribution in [2.45, 2.75) is 26.4 Å². The summed E-state index contributed by atoms with van der Waals surface area (Å²) in [5.41, 5.74) is 1.79. The number of nitrogens with zero attached hydrogens (tertiary/aromatic N) is 1. The summed E-state index contributed by atoms with van der Waals surface area (Å²) in [5, 5.41) is 2.77. The number of anilines is 2. The van der Waals surface area contributed by atoms with E-state index in [0.717, 1.165) is 32.0 Å². The van der Waals surface area contributed by atoms with E-state index < -0.39 is 12.1 Å². The number of nitrogens with one attached hydrogen (secondary N) is 1. The number of carbonyl (C=O) groups excluding carboxylic acids is 2. The van der Waals surface area contributed by atoms with Crippen LogP contribution in [0.4, 0.5) is 11.4 Å². The SMILES string of the molecule is CCC(OC(C)=O)C(=O)Nc1ccc(N2CCOCC2)cc1. The van der Waals surface area contributed by atoms with Gasteiger partial charge in [-0.25, -0.2) is 0 Å². The number of rotatable bonds is 5. The van der Waals surface area contributed by atoms with E-state index in [9.17, 15) is 9.59 Å². The third-order valence-corrected chi connectivity index (χ3v) is 3.48. The summed E-state index contributed by atoms with van der Waals surface area (Å²) in [4.78, 5) is 25.3. The van der Waals surface area contributed by atoms with E-state index >= 15 is 0 Å². The number of ether oxygens (including phenoxy) is 2. The Morgan fingerprint density at radius 3 is 2.45 bits per heavy atom. The zero-order chi connectivity index (χ0) is 15.9. The highest BCUT2D eigenvalue weighted by Crippen LogP contribution is 2.19. The lowest BCUT2D eigenvalue weighted by molar-refractivity contribution is -0.152. The second kappa shape index (κ2) is 7.79. The van der Waals surface area contributed by atoms with Crippen LogP contribution in [0.3, 0.4) is 0 Å². The lowest BCUT2D eigenvalue weighted by Crippen LogP contribution is -2.36. The predicted octanol–water partition coefficient (Wildman–Crippen LogP) is 1.80. The van der Waals surface area contributed by atoms with Crippen molar-refractivity contribution in [3.8, 4) is 0 Å². The first-order valence-electron chi connectivity index (χ1n) is 7.51. The normalized spacial score (nSPS) is 16.0. The minimum Gasteiger partial charge on any atom is -0.452 e. The van der Waals surface area contributed by atoms with Crippen LogP contribution in [0.5, 0.6) is 0 Å². The van der Waals surface area contributed by atoms with Crippen LogP contribution in [0.2, 0.25) is 0 Å². The standard InChI is InChI=1S/C16H22N2O4/c1-3-15(22-12(2)19)16(20)17-13-4-6-14(7-5-13)18-8-10-21-11-9-18/h4-7,15H,3,8-11H2,1-2H3,(H,17,20). The molecule has 1 unspecified atom stereocenters. The molecule has 6 heteroatoms. The molecule has 1 aliphatic heterocycles. The van der Waals surface area contributed by atoms with E-state index in [1.807, 2.05) is 24.3 Å². The second-order valence-electron chi connectivity index (χ2n) is 5.14. The van der Waals surface area contributed by atoms with Crippen molar-refractivity contribution in [2.75, 3.05) is 36.5 Å². The molecule has 0 saturated carbocycles. The molecule has 1 aliphatic rings. The van der Waals surface area contributed by atoms with Gasteiger partial charge in [-0.3, -0.25) is 9.59 Å². The maximum atomic E-state index is 12.1. The Morgan fingerprint density at radius 2 is 1.91 bits per heavy atom. The Hall–Kier alpha value is -2.08. The minimum absolute atomic E-state index is 0.308. The fourth-order valence-electron chi connectivity index (χ4n) is 2.32. The van der Waals surface area contributed by atoms with Crippen LogP contribution >= 0.6 is 0 Å². The molecule has 0 spiro atoms. The Labute approximate surface area is 130 Å². The lowest BCUT2D eigenvalue weighted by Gasteiger charge is -2.29. The van der Waals surface area contributed by atoms with Crippen molar-refractivity contribution >= 4 is 23.3 Å². The Bertz CT molecular complexity index is 509. The summed E-state index contributed by atoms with van der Waals surface area (Å²) in [6, 6.07) is 7.63. The summed E-state index contributed by atoms with van der Waals surface area (Å²) in [6.07, 6.45) is -0.312. The molecule has 1 N–H and O–H groups in total. The fourth-order valence-corrected chi connectivity index (χ4v) is 2.32. The van der Waals surface area contributed by atoms with E-state index in [1.54, 1.807) is 6.92 Å². The van der Waals surface area contributed by atoms with Gasteiger partial charge in [-0.2, -0.15) is 0 Å². The molecule has 1 atom stereocenters. The highest BCUT2D eigenvalue weighted by atomic mass is 16.5. The first kappa shape index (κ1) is 16.3. The zero-order valence-electron chi connectivity index (χ0n) is 13.0. The summed E-state index contributed by atoms with van der Waals surface area (Å²) in [7, 11) is 0. The number of carbonyl (C=O) groups is 2. The smallest absolute Gasteiger partial charge is 0.303 e. The van der Waals surface area contributed by atoms with Gasteiger partial charge in [0.25, 0.3) is 5.91 Å². The lowest BCUT2D eigenvalue weighted by atomic mass is 10.2.